The number of hydrogen-bond acceptors (Lipinski definition) is 4. The van der Waals surface area contributed by atoms with Gasteiger partial charge in [0.05, 0.1) is 11.3 Å². The average molecular weight is 315 g/mol. The summed E-state index contributed by atoms with van der Waals surface area (Å²) in [5.74, 6) is -0.346. The fourth-order valence-corrected chi connectivity index (χ4v) is 3.06. The van der Waals surface area contributed by atoms with Crippen LogP contribution in [0.25, 0.3) is 0 Å². The van der Waals surface area contributed by atoms with E-state index >= 15 is 0 Å². The van der Waals surface area contributed by atoms with Crippen LogP contribution in [0.3, 0.4) is 0 Å². The lowest BCUT2D eigenvalue weighted by Gasteiger charge is -2.24. The van der Waals surface area contributed by atoms with E-state index in [0.717, 1.165) is 31.2 Å². The van der Waals surface area contributed by atoms with Crippen LogP contribution in [0.2, 0.25) is 0 Å². The zero-order valence-corrected chi connectivity index (χ0v) is 13.2. The summed E-state index contributed by atoms with van der Waals surface area (Å²) in [7, 11) is 0. The van der Waals surface area contributed by atoms with Gasteiger partial charge in [0.25, 0.3) is 0 Å². The molecule has 0 bridgehead atoms. The molecule has 2 amide bonds. The van der Waals surface area contributed by atoms with E-state index in [4.69, 9.17) is 4.74 Å². The van der Waals surface area contributed by atoms with Crippen LogP contribution in [0.15, 0.2) is 29.4 Å². The van der Waals surface area contributed by atoms with Crippen molar-refractivity contribution in [3.8, 4) is 0 Å². The molecule has 1 aliphatic carbocycles. The normalized spacial score (nSPS) is 21.5. The molecule has 6 heteroatoms. The Kier molecular flexibility index (Phi) is 4.60. The maximum atomic E-state index is 12.0. The van der Waals surface area contributed by atoms with Crippen LogP contribution < -0.4 is 10.7 Å². The summed E-state index contributed by atoms with van der Waals surface area (Å²) in [6, 6.07) is 7.32. The predicted octanol–water partition coefficient (Wildman–Crippen LogP) is 2.39. The van der Waals surface area contributed by atoms with Crippen molar-refractivity contribution >= 4 is 17.7 Å². The van der Waals surface area contributed by atoms with Crippen LogP contribution >= 0.6 is 0 Å². The molecule has 122 valence electrons. The molecule has 2 aliphatic rings. The van der Waals surface area contributed by atoms with Gasteiger partial charge < -0.3 is 10.1 Å². The number of nitrogens with zero attached hydrogens (tertiary/aromatic N) is 1. The van der Waals surface area contributed by atoms with Crippen molar-refractivity contribution in [2.75, 3.05) is 0 Å². The van der Waals surface area contributed by atoms with E-state index in [1.165, 1.54) is 0 Å². The summed E-state index contributed by atoms with van der Waals surface area (Å²) in [5, 5.41) is 6.97. The number of amides is 2. The van der Waals surface area contributed by atoms with Gasteiger partial charge in [0, 0.05) is 12.5 Å². The number of hydrazone groups is 1. The van der Waals surface area contributed by atoms with Crippen LogP contribution in [0.4, 0.5) is 4.79 Å². The third kappa shape index (κ3) is 3.70. The standard InChI is InChI=1S/C17H21N3O3/c1-11(19-20-17(22)18-13-7-3-4-8-13)15-10-12-6-2-5-9-14(12)16(21)23-15/h2,5-6,9,13,15H,3-4,7-8,10H2,1H3,(H2,18,20,22). The highest BCUT2D eigenvalue weighted by molar-refractivity contribution is 5.97. The molecule has 0 spiro atoms. The molecule has 6 nitrogen and oxygen atoms in total. The topological polar surface area (TPSA) is 79.8 Å². The zero-order valence-electron chi connectivity index (χ0n) is 13.2. The number of rotatable bonds is 3. The molecule has 1 atom stereocenters. The number of carbonyl (C=O) groups is 2. The van der Waals surface area contributed by atoms with Gasteiger partial charge in [-0.25, -0.2) is 15.0 Å². The van der Waals surface area contributed by atoms with Gasteiger partial charge in [-0.3, -0.25) is 0 Å². The van der Waals surface area contributed by atoms with Gasteiger partial charge in [-0.15, -0.1) is 0 Å². The number of hydrogen-bond donors (Lipinski definition) is 2. The van der Waals surface area contributed by atoms with Crippen LogP contribution in [0.5, 0.6) is 0 Å². The van der Waals surface area contributed by atoms with E-state index in [2.05, 4.69) is 15.8 Å². The monoisotopic (exact) mass is 315 g/mol. The number of urea groups is 1. The SMILES string of the molecule is CC(=NNC(=O)NC1CCCC1)C1Cc2ccccc2C(=O)O1. The summed E-state index contributed by atoms with van der Waals surface area (Å²) in [4.78, 5) is 23.8. The van der Waals surface area contributed by atoms with E-state index < -0.39 is 6.10 Å². The zero-order chi connectivity index (χ0) is 16.2. The minimum Gasteiger partial charge on any atom is -0.452 e. The van der Waals surface area contributed by atoms with E-state index in [-0.39, 0.29) is 18.0 Å². The Bertz CT molecular complexity index is 636. The number of esters is 1. The molecule has 1 aliphatic heterocycles. The Morgan fingerprint density at radius 1 is 1.26 bits per heavy atom. The number of benzene rings is 1. The predicted molar refractivity (Wildman–Crippen MR) is 86.4 cm³/mol. The molecule has 23 heavy (non-hydrogen) atoms. The Morgan fingerprint density at radius 3 is 2.78 bits per heavy atom. The summed E-state index contributed by atoms with van der Waals surface area (Å²) in [6.07, 6.45) is 4.49. The van der Waals surface area contributed by atoms with Gasteiger partial charge in [-0.05, 0) is 31.4 Å². The Balaban J connectivity index is 1.58. The molecular weight excluding hydrogens is 294 g/mol. The van der Waals surface area contributed by atoms with Crippen molar-refractivity contribution in [3.63, 3.8) is 0 Å². The van der Waals surface area contributed by atoms with Crippen LogP contribution in [-0.4, -0.2) is 29.9 Å². The highest BCUT2D eigenvalue weighted by Gasteiger charge is 2.28. The second kappa shape index (κ2) is 6.81. The van der Waals surface area contributed by atoms with Crippen molar-refractivity contribution in [1.82, 2.24) is 10.7 Å². The molecule has 3 rings (SSSR count). The molecule has 0 saturated heterocycles. The first-order valence-corrected chi connectivity index (χ1v) is 8.03. The summed E-state index contributed by atoms with van der Waals surface area (Å²) >= 11 is 0. The summed E-state index contributed by atoms with van der Waals surface area (Å²) in [5.41, 5.74) is 4.61. The first-order valence-electron chi connectivity index (χ1n) is 8.03. The quantitative estimate of drug-likeness (QED) is 0.510. The Labute approximate surface area is 135 Å². The van der Waals surface area contributed by atoms with Crippen molar-refractivity contribution in [2.24, 2.45) is 5.10 Å². The maximum absolute atomic E-state index is 12.0. The van der Waals surface area contributed by atoms with Crippen molar-refractivity contribution < 1.29 is 14.3 Å². The lowest BCUT2D eigenvalue weighted by Crippen LogP contribution is -2.40. The minimum atomic E-state index is -0.441. The second-order valence-electron chi connectivity index (χ2n) is 6.08. The molecule has 1 aromatic rings. The van der Waals surface area contributed by atoms with Crippen molar-refractivity contribution in [3.05, 3.63) is 35.4 Å². The van der Waals surface area contributed by atoms with Gasteiger partial charge in [0.1, 0.15) is 6.10 Å². The third-order valence-corrected chi connectivity index (χ3v) is 4.38. The Morgan fingerprint density at radius 2 is 2.00 bits per heavy atom. The van der Waals surface area contributed by atoms with Gasteiger partial charge in [-0.2, -0.15) is 5.10 Å². The third-order valence-electron chi connectivity index (χ3n) is 4.38. The molecule has 1 saturated carbocycles. The first kappa shape index (κ1) is 15.5. The highest BCUT2D eigenvalue weighted by Crippen LogP contribution is 2.21. The molecule has 1 fully saturated rings. The molecular formula is C17H21N3O3. The maximum Gasteiger partial charge on any atom is 0.339 e. The van der Waals surface area contributed by atoms with Gasteiger partial charge >= 0.3 is 12.0 Å². The van der Waals surface area contributed by atoms with Gasteiger partial charge in [-0.1, -0.05) is 31.0 Å². The molecule has 1 heterocycles. The molecule has 1 unspecified atom stereocenters. The van der Waals surface area contributed by atoms with Gasteiger partial charge in [0.2, 0.25) is 0 Å². The smallest absolute Gasteiger partial charge is 0.339 e. The van der Waals surface area contributed by atoms with E-state index in [0.29, 0.717) is 17.7 Å². The van der Waals surface area contributed by atoms with E-state index in [1.807, 2.05) is 18.2 Å². The Hall–Kier alpha value is -2.37. The fourth-order valence-electron chi connectivity index (χ4n) is 3.06. The minimum absolute atomic E-state index is 0.241. The van der Waals surface area contributed by atoms with Crippen molar-refractivity contribution in [1.29, 1.82) is 0 Å². The number of fused-ring (bicyclic) bond motifs is 1. The molecule has 0 aromatic heterocycles. The van der Waals surface area contributed by atoms with Crippen LogP contribution in [-0.2, 0) is 11.2 Å². The van der Waals surface area contributed by atoms with Gasteiger partial charge in [0.15, 0.2) is 0 Å². The number of ether oxygens (including phenoxy) is 1. The fraction of sp³-hybridized carbons (Fsp3) is 0.471. The molecule has 2 N–H and O–H groups in total. The second-order valence-corrected chi connectivity index (χ2v) is 6.08. The first-order chi connectivity index (χ1) is 11.1. The number of nitrogens with one attached hydrogen (secondary N) is 2. The van der Waals surface area contributed by atoms with Crippen molar-refractivity contribution in [2.45, 2.75) is 51.2 Å². The summed E-state index contributed by atoms with van der Waals surface area (Å²) in [6.45, 7) is 1.75. The highest BCUT2D eigenvalue weighted by atomic mass is 16.5. The lowest BCUT2D eigenvalue weighted by atomic mass is 9.97. The average Bonchev–Trinajstić information content (AvgIpc) is 3.05. The van der Waals surface area contributed by atoms with E-state index in [9.17, 15) is 9.59 Å². The number of carbonyl (C=O) groups excluding carboxylic acids is 2. The lowest BCUT2D eigenvalue weighted by molar-refractivity contribution is 0.0389. The van der Waals surface area contributed by atoms with E-state index in [1.54, 1.807) is 13.0 Å². The molecule has 1 aromatic carbocycles. The van der Waals surface area contributed by atoms with Crippen LogP contribution in [0, 0.1) is 0 Å². The largest absolute Gasteiger partial charge is 0.452 e. The summed E-state index contributed by atoms with van der Waals surface area (Å²) < 4.78 is 5.40. The van der Waals surface area contributed by atoms with Crippen LogP contribution in [0.1, 0.15) is 48.5 Å². The number of cyclic esters (lactones) is 1. The molecule has 0 radical (unpaired) electrons.